The van der Waals surface area contributed by atoms with Gasteiger partial charge in [0, 0.05) is 24.9 Å². The fourth-order valence-corrected chi connectivity index (χ4v) is 47.3. The zero-order valence-electron chi connectivity index (χ0n) is 15.3. The summed E-state index contributed by atoms with van der Waals surface area (Å²) in [5, 5.41) is 0. The van der Waals surface area contributed by atoms with Crippen molar-refractivity contribution in [3.8, 4) is 0 Å². The third-order valence-corrected chi connectivity index (χ3v) is 37.5. The lowest BCUT2D eigenvalue weighted by molar-refractivity contribution is 1.08. The van der Waals surface area contributed by atoms with Crippen molar-refractivity contribution in [2.75, 3.05) is 0 Å². The zero-order valence-corrected chi connectivity index (χ0v) is 19.3. The van der Waals surface area contributed by atoms with Gasteiger partial charge < -0.3 is 0 Å². The Balaban J connectivity index is 6.75. The molecule has 117 valence electrons. The van der Waals surface area contributed by atoms with E-state index in [4.69, 9.17) is 0 Å². The Bertz CT molecular complexity index is 358. The molecular weight excluding hydrogens is 311 g/mol. The Morgan fingerprint density at radius 1 is 0.950 bits per heavy atom. The lowest BCUT2D eigenvalue weighted by Gasteiger charge is -2.62. The Labute approximate surface area is 130 Å². The highest BCUT2D eigenvalue weighted by Crippen LogP contribution is 2.58. The second kappa shape index (κ2) is 6.52. The molecule has 0 N–H and O–H groups in total. The Morgan fingerprint density at radius 2 is 1.30 bits per heavy atom. The molecule has 0 aliphatic rings. The Hall–Kier alpha value is 0.178. The average molecular weight is 345 g/mol. The molecule has 0 amide bonds. The predicted molar refractivity (Wildman–Crippen MR) is 103 cm³/mol. The van der Waals surface area contributed by atoms with E-state index in [-0.39, 0.29) is 0 Å². The molecular formula is C13H34N3Si4. The fraction of sp³-hybridized carbons (Fsp3) is 1.00. The molecule has 0 spiro atoms. The molecule has 0 bridgehead atoms. The molecule has 0 saturated carbocycles. The van der Waals surface area contributed by atoms with Gasteiger partial charge in [0.05, 0.1) is 0 Å². The Kier molecular flexibility index (Phi) is 6.58. The van der Waals surface area contributed by atoms with Crippen molar-refractivity contribution in [1.82, 2.24) is 0 Å². The van der Waals surface area contributed by atoms with Crippen molar-refractivity contribution in [3.05, 3.63) is 10.4 Å². The van der Waals surface area contributed by atoms with Crippen molar-refractivity contribution < 1.29 is 0 Å². The molecule has 0 saturated heterocycles. The lowest BCUT2D eigenvalue weighted by Crippen LogP contribution is -2.72. The second-order valence-corrected chi connectivity index (χ2v) is 28.9. The topological polar surface area (TPSA) is 48.8 Å². The molecule has 0 heterocycles. The summed E-state index contributed by atoms with van der Waals surface area (Å²) in [5.74, 6) is 0. The minimum atomic E-state index is -1.98. The number of nitrogens with zero attached hydrogens (tertiary/aromatic N) is 3. The van der Waals surface area contributed by atoms with Gasteiger partial charge in [-0.25, -0.2) is 0 Å². The number of rotatable bonds is 7. The van der Waals surface area contributed by atoms with Crippen molar-refractivity contribution in [3.63, 3.8) is 0 Å². The van der Waals surface area contributed by atoms with E-state index in [1.54, 1.807) is 0 Å². The first-order valence-electron chi connectivity index (χ1n) is 7.74. The maximum Gasteiger partial charge on any atom is 0.153 e. The molecule has 1 radical (unpaired) electrons. The quantitative estimate of drug-likeness (QED) is 0.233. The number of azide groups is 1. The van der Waals surface area contributed by atoms with E-state index in [0.717, 1.165) is 12.1 Å². The van der Waals surface area contributed by atoms with E-state index >= 15 is 0 Å². The van der Waals surface area contributed by atoms with Crippen LogP contribution in [0.15, 0.2) is 4.78 Å². The van der Waals surface area contributed by atoms with Crippen LogP contribution in [-0.2, 0) is 0 Å². The fourth-order valence-electron chi connectivity index (χ4n) is 5.57. The van der Waals surface area contributed by atoms with Crippen LogP contribution in [0.25, 0.3) is 10.4 Å². The predicted octanol–water partition coefficient (Wildman–Crippen LogP) is 6.07. The molecule has 3 nitrogen and oxygen atoms in total. The van der Waals surface area contributed by atoms with E-state index in [2.05, 4.69) is 75.9 Å². The summed E-state index contributed by atoms with van der Waals surface area (Å²) in [6.07, 6.45) is 0. The van der Waals surface area contributed by atoms with Gasteiger partial charge >= 0.3 is 0 Å². The summed E-state index contributed by atoms with van der Waals surface area (Å²) >= 11 is 0. The molecule has 0 aliphatic carbocycles. The van der Waals surface area contributed by atoms with Crippen LogP contribution in [0.3, 0.4) is 0 Å². The standard InChI is InChI=1S/C13H34N3Si4/c1-11-20(12-2,16-15-14)13(17(3)4,18(5,6)7)19(8,9)10/h11-12H2,1-10H3. The maximum atomic E-state index is 9.28. The van der Waals surface area contributed by atoms with Crippen molar-refractivity contribution in [2.45, 2.75) is 82.2 Å². The van der Waals surface area contributed by atoms with Gasteiger partial charge in [-0.15, -0.1) is 4.78 Å². The number of hydrogen-bond donors (Lipinski definition) is 0. The summed E-state index contributed by atoms with van der Waals surface area (Å²) in [6, 6.07) is 2.22. The van der Waals surface area contributed by atoms with Crippen LogP contribution in [0.5, 0.6) is 0 Å². The van der Waals surface area contributed by atoms with Crippen molar-refractivity contribution >= 4 is 33.2 Å². The third-order valence-electron chi connectivity index (χ3n) is 5.10. The molecule has 0 atom stereocenters. The van der Waals surface area contributed by atoms with Crippen molar-refractivity contribution in [2.24, 2.45) is 4.78 Å². The van der Waals surface area contributed by atoms with Gasteiger partial charge in [-0.05, 0) is 14.4 Å². The van der Waals surface area contributed by atoms with Gasteiger partial charge in [-0.2, -0.15) is 0 Å². The van der Waals surface area contributed by atoms with Crippen LogP contribution in [0.1, 0.15) is 13.8 Å². The van der Waals surface area contributed by atoms with Crippen LogP contribution >= 0.6 is 0 Å². The summed E-state index contributed by atoms with van der Waals surface area (Å²) in [6.45, 7) is 24.7. The first-order valence-corrected chi connectivity index (χ1v) is 19.6. The summed E-state index contributed by atoms with van der Waals surface area (Å²) in [7, 11) is -5.40. The van der Waals surface area contributed by atoms with Gasteiger partial charge in [0.25, 0.3) is 0 Å². The Morgan fingerprint density at radius 3 is 1.45 bits per heavy atom. The summed E-state index contributed by atoms with van der Waals surface area (Å²) in [4.78, 5) is 3.37. The largest absolute Gasteiger partial charge is 0.153 e. The third kappa shape index (κ3) is 2.88. The normalized spacial score (nSPS) is 14.3. The van der Waals surface area contributed by atoms with E-state index in [1.165, 1.54) is 0 Å². The molecule has 20 heavy (non-hydrogen) atoms. The highest BCUT2D eigenvalue weighted by atomic mass is 28.5. The second-order valence-electron chi connectivity index (χ2n) is 8.18. The van der Waals surface area contributed by atoms with Crippen LogP contribution in [0, 0.1) is 0 Å². The maximum absolute atomic E-state index is 9.28. The van der Waals surface area contributed by atoms with Gasteiger partial charge in [0.2, 0.25) is 0 Å². The molecule has 0 aromatic heterocycles. The van der Waals surface area contributed by atoms with Crippen LogP contribution < -0.4 is 0 Å². The first-order chi connectivity index (χ1) is 8.88. The van der Waals surface area contributed by atoms with Crippen LogP contribution in [-0.4, -0.2) is 33.2 Å². The summed E-state index contributed by atoms with van der Waals surface area (Å²) in [5.41, 5.74) is 9.28. The monoisotopic (exact) mass is 344 g/mol. The molecule has 0 aliphatic heterocycles. The van der Waals surface area contributed by atoms with E-state index in [1.807, 2.05) is 0 Å². The lowest BCUT2D eigenvalue weighted by atomic mass is 10.9. The first kappa shape index (κ1) is 20.2. The molecule has 0 fully saturated rings. The van der Waals surface area contributed by atoms with E-state index in [0.29, 0.717) is 3.91 Å². The van der Waals surface area contributed by atoms with E-state index in [9.17, 15) is 5.53 Å². The number of hydrogen-bond acceptors (Lipinski definition) is 1. The van der Waals surface area contributed by atoms with Gasteiger partial charge in [-0.1, -0.05) is 78.3 Å². The molecule has 0 aromatic rings. The minimum Gasteiger partial charge on any atom is -0.124 e. The van der Waals surface area contributed by atoms with E-state index < -0.39 is 33.2 Å². The van der Waals surface area contributed by atoms with Crippen LogP contribution in [0.4, 0.5) is 0 Å². The molecule has 0 unspecified atom stereocenters. The molecule has 0 rings (SSSR count). The van der Waals surface area contributed by atoms with Gasteiger partial charge in [0.1, 0.15) is 0 Å². The zero-order chi connectivity index (χ0) is 16.4. The van der Waals surface area contributed by atoms with Crippen LogP contribution in [0.2, 0.25) is 68.4 Å². The van der Waals surface area contributed by atoms with Gasteiger partial charge in [0.15, 0.2) is 8.24 Å². The molecule has 0 aromatic carbocycles. The minimum absolute atomic E-state index is 0.438. The highest BCUT2D eigenvalue weighted by Gasteiger charge is 2.65. The van der Waals surface area contributed by atoms with Crippen molar-refractivity contribution in [1.29, 1.82) is 0 Å². The SMILES string of the molecule is CC[Si](CC)(N=[N+]=[N-])C([Si](C)C)([Si](C)(C)C)[Si](C)(C)C. The highest BCUT2D eigenvalue weighted by molar-refractivity contribution is 7.26. The average Bonchev–Trinajstić information content (AvgIpc) is 2.23. The molecule has 7 heteroatoms. The van der Waals surface area contributed by atoms with Gasteiger partial charge in [-0.3, -0.25) is 0 Å². The smallest absolute Gasteiger partial charge is 0.124 e. The summed E-state index contributed by atoms with van der Waals surface area (Å²) < 4.78 is 5.07.